The van der Waals surface area contributed by atoms with Crippen LogP contribution in [0.25, 0.3) is 0 Å². The fourth-order valence-corrected chi connectivity index (χ4v) is 2.44. The van der Waals surface area contributed by atoms with Crippen LogP contribution >= 0.6 is 23.2 Å². The van der Waals surface area contributed by atoms with Crippen molar-refractivity contribution in [3.63, 3.8) is 0 Å². The number of hydrogen-bond donors (Lipinski definition) is 3. The Morgan fingerprint density at radius 3 is 2.35 bits per heavy atom. The predicted molar refractivity (Wildman–Crippen MR) is 107 cm³/mol. The van der Waals surface area contributed by atoms with Gasteiger partial charge in [-0.05, 0) is 57.2 Å². The van der Waals surface area contributed by atoms with E-state index in [4.69, 9.17) is 23.2 Å². The number of nitrogens with one attached hydrogen (secondary N) is 3. The van der Waals surface area contributed by atoms with Crippen LogP contribution in [-0.2, 0) is 4.79 Å². The van der Waals surface area contributed by atoms with E-state index in [-0.39, 0.29) is 23.9 Å². The highest BCUT2D eigenvalue weighted by molar-refractivity contribution is 6.42. The molecule has 26 heavy (non-hydrogen) atoms. The van der Waals surface area contributed by atoms with E-state index < -0.39 is 0 Å². The number of amides is 2. The first-order valence-electron chi connectivity index (χ1n) is 8.05. The van der Waals surface area contributed by atoms with Gasteiger partial charge in [0.25, 0.3) is 5.91 Å². The number of carbonyl (C=O) groups excluding carboxylic acids is 2. The van der Waals surface area contributed by atoms with Crippen molar-refractivity contribution in [2.45, 2.75) is 26.3 Å². The molecule has 2 amide bonds. The molecule has 0 saturated heterocycles. The average Bonchev–Trinajstić information content (AvgIpc) is 2.55. The predicted octanol–water partition coefficient (Wildman–Crippen LogP) is 4.57. The Morgan fingerprint density at radius 1 is 0.962 bits per heavy atom. The van der Waals surface area contributed by atoms with Gasteiger partial charge in [-0.2, -0.15) is 0 Å². The fourth-order valence-electron chi connectivity index (χ4n) is 2.14. The van der Waals surface area contributed by atoms with E-state index >= 15 is 0 Å². The van der Waals surface area contributed by atoms with Crippen molar-refractivity contribution in [3.8, 4) is 0 Å². The van der Waals surface area contributed by atoms with Crippen LogP contribution in [0.3, 0.4) is 0 Å². The molecule has 7 heteroatoms. The second-order valence-electron chi connectivity index (χ2n) is 6.82. The molecule has 0 fully saturated rings. The zero-order valence-electron chi connectivity index (χ0n) is 14.8. The smallest absolute Gasteiger partial charge is 0.251 e. The van der Waals surface area contributed by atoms with Gasteiger partial charge in [0.15, 0.2) is 0 Å². The van der Waals surface area contributed by atoms with Gasteiger partial charge in [0.1, 0.15) is 0 Å². The van der Waals surface area contributed by atoms with E-state index in [1.54, 1.807) is 42.5 Å². The van der Waals surface area contributed by atoms with E-state index in [1.165, 1.54) is 0 Å². The molecule has 0 spiro atoms. The summed E-state index contributed by atoms with van der Waals surface area (Å²) < 4.78 is 0. The molecule has 0 unspecified atom stereocenters. The first-order valence-corrected chi connectivity index (χ1v) is 8.81. The van der Waals surface area contributed by atoms with Gasteiger partial charge in [-0.1, -0.05) is 29.3 Å². The van der Waals surface area contributed by atoms with E-state index in [0.717, 1.165) is 0 Å². The standard InChI is InChI=1S/C19H21Cl2N3O2/c1-19(2,3)24-18(26)12-5-4-6-13(9-12)22-11-17(25)23-14-7-8-15(20)16(21)10-14/h4-10,22H,11H2,1-3H3,(H,23,25)(H,24,26). The van der Waals surface area contributed by atoms with Gasteiger partial charge in [-0.15, -0.1) is 0 Å². The number of anilines is 2. The molecule has 2 aromatic rings. The average molecular weight is 394 g/mol. The molecule has 3 N–H and O–H groups in total. The van der Waals surface area contributed by atoms with E-state index in [1.807, 2.05) is 20.8 Å². The third kappa shape index (κ3) is 6.24. The highest BCUT2D eigenvalue weighted by atomic mass is 35.5. The summed E-state index contributed by atoms with van der Waals surface area (Å²) in [7, 11) is 0. The molecule has 2 rings (SSSR count). The summed E-state index contributed by atoms with van der Waals surface area (Å²) in [6, 6.07) is 11.8. The van der Waals surface area contributed by atoms with Crippen LogP contribution in [0.1, 0.15) is 31.1 Å². The third-order valence-corrected chi connectivity index (χ3v) is 4.01. The van der Waals surface area contributed by atoms with Crippen molar-refractivity contribution in [2.24, 2.45) is 0 Å². The highest BCUT2D eigenvalue weighted by Crippen LogP contribution is 2.24. The van der Waals surface area contributed by atoms with Gasteiger partial charge < -0.3 is 16.0 Å². The molecule has 5 nitrogen and oxygen atoms in total. The molecule has 0 saturated carbocycles. The van der Waals surface area contributed by atoms with Crippen LogP contribution in [0, 0.1) is 0 Å². The van der Waals surface area contributed by atoms with Crippen molar-refractivity contribution in [1.29, 1.82) is 0 Å². The Hall–Kier alpha value is -2.24. The van der Waals surface area contributed by atoms with Crippen molar-refractivity contribution in [3.05, 3.63) is 58.1 Å². The molecule has 0 aromatic heterocycles. The summed E-state index contributed by atoms with van der Waals surface area (Å²) in [5, 5.41) is 9.42. The molecule has 0 bridgehead atoms. The maximum absolute atomic E-state index is 12.2. The summed E-state index contributed by atoms with van der Waals surface area (Å²) in [6.07, 6.45) is 0. The molecule has 0 atom stereocenters. The quantitative estimate of drug-likeness (QED) is 0.696. The SMILES string of the molecule is CC(C)(C)NC(=O)c1cccc(NCC(=O)Nc2ccc(Cl)c(Cl)c2)c1. The Kier molecular flexibility index (Phi) is 6.51. The minimum absolute atomic E-state index is 0.0462. The van der Waals surface area contributed by atoms with Crippen molar-refractivity contribution >= 4 is 46.4 Å². The zero-order valence-corrected chi connectivity index (χ0v) is 16.3. The molecule has 2 aromatic carbocycles. The van der Waals surface area contributed by atoms with Crippen LogP contribution in [0.2, 0.25) is 10.0 Å². The molecule has 0 aliphatic heterocycles. The fraction of sp³-hybridized carbons (Fsp3) is 0.263. The largest absolute Gasteiger partial charge is 0.376 e. The lowest BCUT2D eigenvalue weighted by molar-refractivity contribution is -0.114. The van der Waals surface area contributed by atoms with E-state index in [0.29, 0.717) is 27.0 Å². The van der Waals surface area contributed by atoms with Crippen LogP contribution in [-0.4, -0.2) is 23.9 Å². The Morgan fingerprint density at radius 2 is 1.69 bits per heavy atom. The second-order valence-corrected chi connectivity index (χ2v) is 7.63. The number of rotatable bonds is 5. The normalized spacial score (nSPS) is 11.0. The minimum atomic E-state index is -0.319. The summed E-state index contributed by atoms with van der Waals surface area (Å²) in [5.74, 6) is -0.408. The molecule has 138 valence electrons. The van der Waals surface area contributed by atoms with Crippen LogP contribution in [0.15, 0.2) is 42.5 Å². The molecular formula is C19H21Cl2N3O2. The molecule has 0 heterocycles. The Balaban J connectivity index is 1.94. The summed E-state index contributed by atoms with van der Waals surface area (Å²) in [6.45, 7) is 5.80. The first-order chi connectivity index (χ1) is 12.1. The van der Waals surface area contributed by atoms with Crippen molar-refractivity contribution in [2.75, 3.05) is 17.2 Å². The lowest BCUT2D eigenvalue weighted by atomic mass is 10.1. The summed E-state index contributed by atoms with van der Waals surface area (Å²) in [5.41, 5.74) is 1.44. The topological polar surface area (TPSA) is 70.2 Å². The van der Waals surface area contributed by atoms with Crippen LogP contribution in [0.5, 0.6) is 0 Å². The monoisotopic (exact) mass is 393 g/mol. The van der Waals surface area contributed by atoms with Gasteiger partial charge >= 0.3 is 0 Å². The molecule has 0 radical (unpaired) electrons. The van der Waals surface area contributed by atoms with Crippen molar-refractivity contribution in [1.82, 2.24) is 5.32 Å². The second kappa shape index (κ2) is 8.43. The van der Waals surface area contributed by atoms with Gasteiger partial charge in [0.05, 0.1) is 16.6 Å². The lowest BCUT2D eigenvalue weighted by Gasteiger charge is -2.20. The van der Waals surface area contributed by atoms with Crippen LogP contribution < -0.4 is 16.0 Å². The lowest BCUT2D eigenvalue weighted by Crippen LogP contribution is -2.40. The summed E-state index contributed by atoms with van der Waals surface area (Å²) >= 11 is 11.8. The highest BCUT2D eigenvalue weighted by Gasteiger charge is 2.15. The van der Waals surface area contributed by atoms with Crippen LogP contribution in [0.4, 0.5) is 11.4 Å². The van der Waals surface area contributed by atoms with E-state index in [2.05, 4.69) is 16.0 Å². The van der Waals surface area contributed by atoms with Gasteiger partial charge in [-0.3, -0.25) is 9.59 Å². The maximum atomic E-state index is 12.2. The van der Waals surface area contributed by atoms with Crippen molar-refractivity contribution < 1.29 is 9.59 Å². The third-order valence-electron chi connectivity index (χ3n) is 3.27. The number of benzene rings is 2. The van der Waals surface area contributed by atoms with Gasteiger partial charge in [0.2, 0.25) is 5.91 Å². The van der Waals surface area contributed by atoms with Gasteiger partial charge in [-0.25, -0.2) is 0 Å². The zero-order chi connectivity index (χ0) is 19.3. The van der Waals surface area contributed by atoms with E-state index in [9.17, 15) is 9.59 Å². The minimum Gasteiger partial charge on any atom is -0.376 e. The molecule has 0 aliphatic rings. The number of carbonyl (C=O) groups is 2. The summed E-state index contributed by atoms with van der Waals surface area (Å²) in [4.78, 5) is 24.3. The number of halogens is 2. The maximum Gasteiger partial charge on any atom is 0.251 e. The molecule has 0 aliphatic carbocycles. The number of hydrogen-bond acceptors (Lipinski definition) is 3. The van der Waals surface area contributed by atoms with Gasteiger partial charge in [0, 0.05) is 22.5 Å². The molecular weight excluding hydrogens is 373 g/mol. The first kappa shape index (κ1) is 20.1. The Bertz CT molecular complexity index is 817. The Labute approximate surface area is 163 Å².